The Bertz CT molecular complexity index is 711. The number of hydrogen-bond acceptors (Lipinski definition) is 5. The first kappa shape index (κ1) is 15.1. The van der Waals surface area contributed by atoms with E-state index in [2.05, 4.69) is 15.4 Å². The number of carboxylic acids is 1. The van der Waals surface area contributed by atoms with E-state index < -0.39 is 12.0 Å². The molecule has 1 N–H and O–H groups in total. The minimum atomic E-state index is -1.01. The summed E-state index contributed by atoms with van der Waals surface area (Å²) in [5.74, 6) is -0.885. The quantitative estimate of drug-likeness (QED) is 0.846. The van der Waals surface area contributed by atoms with Gasteiger partial charge in [0, 0.05) is 11.6 Å². The van der Waals surface area contributed by atoms with Crippen LogP contribution in [0.25, 0.3) is 11.4 Å². The highest BCUT2D eigenvalue weighted by molar-refractivity contribution is 5.83. The Hall–Kier alpha value is -2.77. The maximum Gasteiger partial charge on any atom is 0.326 e. The molecule has 23 heavy (non-hydrogen) atoms. The Morgan fingerprint density at radius 2 is 2.04 bits per heavy atom. The van der Waals surface area contributed by atoms with Crippen LogP contribution in [-0.2, 0) is 16.1 Å². The van der Waals surface area contributed by atoms with Crippen molar-refractivity contribution in [3.05, 3.63) is 30.3 Å². The highest BCUT2D eigenvalue weighted by Gasteiger charge is 2.38. The predicted octanol–water partition coefficient (Wildman–Crippen LogP) is 0.804. The smallest absolute Gasteiger partial charge is 0.326 e. The van der Waals surface area contributed by atoms with Crippen molar-refractivity contribution in [1.82, 2.24) is 25.1 Å². The van der Waals surface area contributed by atoms with Crippen molar-refractivity contribution in [1.29, 1.82) is 0 Å². The van der Waals surface area contributed by atoms with Crippen LogP contribution in [-0.4, -0.2) is 54.2 Å². The van der Waals surface area contributed by atoms with Crippen LogP contribution in [0.15, 0.2) is 30.3 Å². The molecule has 8 nitrogen and oxygen atoms in total. The van der Waals surface area contributed by atoms with Gasteiger partial charge in [-0.05, 0) is 25.0 Å². The summed E-state index contributed by atoms with van der Waals surface area (Å²) in [6, 6.07) is 8.48. The molecule has 0 aliphatic heterocycles. The van der Waals surface area contributed by atoms with E-state index in [1.54, 1.807) is 0 Å². The van der Waals surface area contributed by atoms with Crippen LogP contribution in [0.1, 0.15) is 19.8 Å². The summed E-state index contributed by atoms with van der Waals surface area (Å²) < 4.78 is 0. The molecule has 1 aromatic carbocycles. The molecule has 1 unspecified atom stereocenters. The molecule has 1 aliphatic rings. The molecule has 2 aromatic rings. The molecule has 8 heteroatoms. The molecular formula is C15H17N5O3. The van der Waals surface area contributed by atoms with Gasteiger partial charge in [0.1, 0.15) is 12.6 Å². The van der Waals surface area contributed by atoms with Crippen molar-refractivity contribution < 1.29 is 14.7 Å². The lowest BCUT2D eigenvalue weighted by Crippen LogP contribution is -2.46. The van der Waals surface area contributed by atoms with Gasteiger partial charge in [-0.25, -0.2) is 4.79 Å². The van der Waals surface area contributed by atoms with Crippen molar-refractivity contribution in [2.75, 3.05) is 0 Å². The monoisotopic (exact) mass is 315 g/mol. The van der Waals surface area contributed by atoms with Gasteiger partial charge in [-0.3, -0.25) is 4.79 Å². The number of tetrazole rings is 1. The fraction of sp³-hybridized carbons (Fsp3) is 0.400. The molecular weight excluding hydrogens is 298 g/mol. The molecule has 0 bridgehead atoms. The van der Waals surface area contributed by atoms with Crippen molar-refractivity contribution >= 4 is 11.9 Å². The average Bonchev–Trinajstić information content (AvgIpc) is 3.26. The van der Waals surface area contributed by atoms with Crippen LogP contribution in [0.4, 0.5) is 0 Å². The third-order valence-electron chi connectivity index (χ3n) is 3.76. The molecule has 120 valence electrons. The van der Waals surface area contributed by atoms with Gasteiger partial charge in [0.15, 0.2) is 0 Å². The van der Waals surface area contributed by atoms with Crippen LogP contribution in [0.3, 0.4) is 0 Å². The maximum atomic E-state index is 12.4. The molecule has 1 amide bonds. The van der Waals surface area contributed by atoms with Gasteiger partial charge in [0.2, 0.25) is 11.7 Å². The second-order valence-electron chi connectivity index (χ2n) is 5.56. The number of nitrogens with zero attached hydrogens (tertiary/aromatic N) is 5. The van der Waals surface area contributed by atoms with E-state index in [-0.39, 0.29) is 18.5 Å². The lowest BCUT2D eigenvalue weighted by atomic mass is 10.2. The highest BCUT2D eigenvalue weighted by atomic mass is 16.4. The van der Waals surface area contributed by atoms with Crippen LogP contribution >= 0.6 is 0 Å². The lowest BCUT2D eigenvalue weighted by molar-refractivity contribution is -0.150. The summed E-state index contributed by atoms with van der Waals surface area (Å²) in [5.41, 5.74) is 0.809. The minimum Gasteiger partial charge on any atom is -0.480 e. The van der Waals surface area contributed by atoms with Gasteiger partial charge in [-0.2, -0.15) is 4.80 Å². The minimum absolute atomic E-state index is 0.00529. The van der Waals surface area contributed by atoms with Gasteiger partial charge >= 0.3 is 5.97 Å². The maximum absolute atomic E-state index is 12.4. The molecule has 0 saturated heterocycles. The van der Waals surface area contributed by atoms with Crippen LogP contribution in [0.5, 0.6) is 0 Å². The van der Waals surface area contributed by atoms with Crippen molar-refractivity contribution in [3.63, 3.8) is 0 Å². The predicted molar refractivity (Wildman–Crippen MR) is 80.2 cm³/mol. The zero-order valence-corrected chi connectivity index (χ0v) is 12.7. The molecule has 0 radical (unpaired) electrons. The summed E-state index contributed by atoms with van der Waals surface area (Å²) in [4.78, 5) is 26.2. The zero-order chi connectivity index (χ0) is 16.4. The van der Waals surface area contributed by atoms with Crippen LogP contribution in [0.2, 0.25) is 0 Å². The van der Waals surface area contributed by atoms with E-state index >= 15 is 0 Å². The van der Waals surface area contributed by atoms with Gasteiger partial charge in [0.05, 0.1) is 0 Å². The summed E-state index contributed by atoms with van der Waals surface area (Å²) in [6.45, 7) is 1.40. The number of aromatic nitrogens is 4. The number of carbonyl (C=O) groups excluding carboxylic acids is 1. The van der Waals surface area contributed by atoms with Gasteiger partial charge in [0.25, 0.3) is 0 Å². The van der Waals surface area contributed by atoms with E-state index in [9.17, 15) is 9.59 Å². The zero-order valence-electron chi connectivity index (χ0n) is 12.7. The van der Waals surface area contributed by atoms with Gasteiger partial charge in [-0.15, -0.1) is 10.2 Å². The Morgan fingerprint density at radius 3 is 2.65 bits per heavy atom. The van der Waals surface area contributed by atoms with Crippen molar-refractivity contribution in [3.8, 4) is 11.4 Å². The van der Waals surface area contributed by atoms with Crippen molar-refractivity contribution in [2.24, 2.45) is 0 Å². The Kier molecular flexibility index (Phi) is 4.05. The molecule has 1 heterocycles. The third kappa shape index (κ3) is 3.36. The SMILES string of the molecule is CC(C(=O)O)N(C(=O)Cn1nnc(-c2ccccc2)n1)C1CC1. The number of hydrogen-bond donors (Lipinski definition) is 1. The van der Waals surface area contributed by atoms with E-state index in [4.69, 9.17) is 5.11 Å². The first-order valence-electron chi connectivity index (χ1n) is 7.43. The Balaban J connectivity index is 1.72. The first-order chi connectivity index (χ1) is 11.1. The second-order valence-corrected chi connectivity index (χ2v) is 5.56. The molecule has 1 aromatic heterocycles. The van der Waals surface area contributed by atoms with E-state index in [0.717, 1.165) is 18.4 Å². The number of amides is 1. The summed E-state index contributed by atoms with van der Waals surface area (Å²) >= 11 is 0. The normalized spacial score (nSPS) is 15.2. The van der Waals surface area contributed by atoms with Crippen molar-refractivity contribution in [2.45, 2.75) is 38.4 Å². The Labute approximate surface area is 132 Å². The fourth-order valence-corrected chi connectivity index (χ4v) is 2.42. The largest absolute Gasteiger partial charge is 0.480 e. The molecule has 1 fully saturated rings. The van der Waals surface area contributed by atoms with Gasteiger partial charge < -0.3 is 10.0 Å². The summed E-state index contributed by atoms with van der Waals surface area (Å²) in [5, 5.41) is 21.2. The third-order valence-corrected chi connectivity index (χ3v) is 3.76. The molecule has 1 saturated carbocycles. The first-order valence-corrected chi connectivity index (χ1v) is 7.43. The number of carbonyl (C=O) groups is 2. The lowest BCUT2D eigenvalue weighted by Gasteiger charge is -2.26. The molecule has 1 aliphatic carbocycles. The van der Waals surface area contributed by atoms with E-state index in [0.29, 0.717) is 5.82 Å². The number of rotatable bonds is 6. The standard InChI is InChI=1S/C15H17N5O3/c1-10(15(22)23)20(12-7-8-12)13(21)9-19-17-14(16-18-19)11-5-3-2-4-6-11/h2-6,10,12H,7-9H2,1H3,(H,22,23). The molecule has 3 rings (SSSR count). The summed E-state index contributed by atoms with van der Waals surface area (Å²) in [7, 11) is 0. The molecule has 1 atom stereocenters. The topological polar surface area (TPSA) is 101 Å². The fourth-order valence-electron chi connectivity index (χ4n) is 2.42. The van der Waals surface area contributed by atoms with Gasteiger partial charge in [-0.1, -0.05) is 30.3 Å². The van der Waals surface area contributed by atoms with E-state index in [1.807, 2.05) is 30.3 Å². The highest BCUT2D eigenvalue weighted by Crippen LogP contribution is 2.29. The summed E-state index contributed by atoms with van der Waals surface area (Å²) in [6.07, 6.45) is 1.67. The number of aliphatic carboxylic acids is 1. The second kappa shape index (κ2) is 6.15. The van der Waals surface area contributed by atoms with E-state index in [1.165, 1.54) is 16.6 Å². The number of benzene rings is 1. The average molecular weight is 315 g/mol. The van der Waals surface area contributed by atoms with Crippen LogP contribution < -0.4 is 0 Å². The Morgan fingerprint density at radius 1 is 1.35 bits per heavy atom. The van der Waals surface area contributed by atoms with Crippen LogP contribution in [0, 0.1) is 0 Å². The number of carboxylic acid groups (broad SMARTS) is 1. The molecule has 0 spiro atoms.